The number of methoxy groups -OCH3 is 1. The molecule has 0 atom stereocenters. The topological polar surface area (TPSA) is 46.5 Å². The Morgan fingerprint density at radius 1 is 1.62 bits per heavy atom. The average Bonchev–Trinajstić information content (AvgIpc) is 2.81. The van der Waals surface area contributed by atoms with E-state index in [0.717, 1.165) is 6.08 Å². The van der Waals surface area contributed by atoms with Crippen molar-refractivity contribution < 1.29 is 19.0 Å². The predicted molar refractivity (Wildman–Crippen MR) is 44.9 cm³/mol. The van der Waals surface area contributed by atoms with Gasteiger partial charge in [-0.15, -0.1) is 0 Å². The van der Waals surface area contributed by atoms with Crippen LogP contribution in [-0.2, 0) is 9.53 Å². The molecule has 4 heteroatoms. The molecule has 0 aliphatic heterocycles. The Bertz CT molecular complexity index is 264. The van der Waals surface area contributed by atoms with E-state index in [1.54, 1.807) is 0 Å². The predicted octanol–water partition coefficient (Wildman–Crippen LogP) is 1.66. The molecule has 0 heterocycles. The fourth-order valence-electron chi connectivity index (χ4n) is 0.806. The van der Waals surface area contributed by atoms with Gasteiger partial charge in [0.05, 0.1) is 13.4 Å². The van der Waals surface area contributed by atoms with Crippen molar-refractivity contribution in [3.8, 4) is 0 Å². The van der Waals surface area contributed by atoms with Gasteiger partial charge in [0.15, 0.2) is 11.5 Å². The van der Waals surface area contributed by atoms with Crippen LogP contribution in [0.2, 0.25) is 0 Å². The molecule has 1 N–H and O–H groups in total. The van der Waals surface area contributed by atoms with Crippen LogP contribution in [0.5, 0.6) is 0 Å². The number of ketones is 1. The molecule has 1 aliphatic rings. The molecule has 72 valence electrons. The molecule has 0 bridgehead atoms. The molecular formula is C9H11FO3. The number of allylic oxidation sites excluding steroid dienone is 2. The van der Waals surface area contributed by atoms with E-state index in [0.29, 0.717) is 0 Å². The minimum absolute atomic E-state index is 0.254. The second-order valence-corrected chi connectivity index (χ2v) is 2.94. The highest BCUT2D eigenvalue weighted by molar-refractivity contribution is 5.99. The van der Waals surface area contributed by atoms with Crippen LogP contribution in [0.15, 0.2) is 24.2 Å². The van der Waals surface area contributed by atoms with E-state index >= 15 is 0 Å². The molecule has 3 nitrogen and oxygen atoms in total. The summed E-state index contributed by atoms with van der Waals surface area (Å²) in [6.45, 7) is 0. The summed E-state index contributed by atoms with van der Waals surface area (Å²) in [6, 6.07) is 0. The second kappa shape index (κ2) is 3.60. The maximum Gasteiger partial charge on any atom is 0.196 e. The van der Waals surface area contributed by atoms with Crippen molar-refractivity contribution >= 4 is 5.78 Å². The number of hydrogen-bond donors (Lipinski definition) is 1. The number of halogens is 1. The summed E-state index contributed by atoms with van der Waals surface area (Å²) in [5.41, 5.74) is -1.71. The summed E-state index contributed by atoms with van der Waals surface area (Å²) in [6.07, 6.45) is 3.77. The van der Waals surface area contributed by atoms with Crippen LogP contribution in [0.4, 0.5) is 4.39 Å². The fraction of sp³-hybridized carbons (Fsp3) is 0.444. The number of carbonyl (C=O) groups excluding carboxylic acids is 1. The van der Waals surface area contributed by atoms with Gasteiger partial charge in [0.2, 0.25) is 0 Å². The molecule has 1 rings (SSSR count). The maximum atomic E-state index is 13.0. The van der Waals surface area contributed by atoms with Crippen molar-refractivity contribution in [2.75, 3.05) is 7.11 Å². The van der Waals surface area contributed by atoms with E-state index in [2.05, 4.69) is 4.74 Å². The van der Waals surface area contributed by atoms with Crippen molar-refractivity contribution in [3.05, 3.63) is 24.2 Å². The molecule has 0 aromatic heterocycles. The zero-order chi connectivity index (χ0) is 9.90. The van der Waals surface area contributed by atoms with Crippen LogP contribution in [0, 0.1) is 0 Å². The first-order valence-corrected chi connectivity index (χ1v) is 3.92. The molecule has 0 aromatic carbocycles. The Kier molecular flexibility index (Phi) is 2.70. The first-order chi connectivity index (χ1) is 6.08. The van der Waals surface area contributed by atoms with Gasteiger partial charge in [0.1, 0.15) is 5.76 Å². The Labute approximate surface area is 75.5 Å². The quantitative estimate of drug-likeness (QED) is 0.412. The molecule has 0 unspecified atom stereocenters. The van der Waals surface area contributed by atoms with Gasteiger partial charge in [-0.3, -0.25) is 4.79 Å². The normalized spacial score (nSPS) is 20.3. The lowest BCUT2D eigenvalue weighted by Gasteiger charge is -1.97. The highest BCUT2D eigenvalue weighted by Crippen LogP contribution is 2.40. The Morgan fingerprint density at radius 2 is 2.23 bits per heavy atom. The molecule has 1 fully saturated rings. The first kappa shape index (κ1) is 9.77. The Hall–Kier alpha value is -1.32. The van der Waals surface area contributed by atoms with E-state index in [-0.39, 0.29) is 18.6 Å². The number of aliphatic hydroxyl groups excluding tert-OH is 1. The molecule has 0 amide bonds. The summed E-state index contributed by atoms with van der Waals surface area (Å²) >= 11 is 0. The summed E-state index contributed by atoms with van der Waals surface area (Å²) in [7, 11) is 1.41. The average molecular weight is 186 g/mol. The van der Waals surface area contributed by atoms with Crippen LogP contribution >= 0.6 is 0 Å². The van der Waals surface area contributed by atoms with E-state index in [1.807, 2.05) is 0 Å². The largest absolute Gasteiger partial charge is 0.508 e. The molecule has 1 saturated carbocycles. The zero-order valence-corrected chi connectivity index (χ0v) is 7.29. The number of ether oxygens (including phenoxy) is 1. The third-order valence-corrected chi connectivity index (χ3v) is 1.78. The standard InChI is InChI=1S/C9H11FO3/c1-13-5-2-7(11)6-8(12)9(10)3-4-9/h2,5-6,11H,3-4H2,1H3/b5-2+,7-6?. The van der Waals surface area contributed by atoms with Crippen LogP contribution in [0.25, 0.3) is 0 Å². The highest BCUT2D eigenvalue weighted by Gasteiger charge is 2.49. The van der Waals surface area contributed by atoms with Gasteiger partial charge < -0.3 is 9.84 Å². The molecule has 0 aromatic rings. The van der Waals surface area contributed by atoms with Gasteiger partial charge in [0.25, 0.3) is 0 Å². The third-order valence-electron chi connectivity index (χ3n) is 1.78. The van der Waals surface area contributed by atoms with Crippen LogP contribution < -0.4 is 0 Å². The Morgan fingerprint density at radius 3 is 2.69 bits per heavy atom. The van der Waals surface area contributed by atoms with Gasteiger partial charge >= 0.3 is 0 Å². The van der Waals surface area contributed by atoms with Crippen LogP contribution in [0.1, 0.15) is 12.8 Å². The van der Waals surface area contributed by atoms with Gasteiger partial charge in [-0.05, 0) is 12.8 Å². The number of hydrogen-bond acceptors (Lipinski definition) is 3. The molecule has 0 saturated heterocycles. The van der Waals surface area contributed by atoms with E-state index in [1.165, 1.54) is 19.4 Å². The summed E-state index contributed by atoms with van der Waals surface area (Å²) in [5.74, 6) is -0.971. The van der Waals surface area contributed by atoms with Crippen LogP contribution in [-0.4, -0.2) is 23.7 Å². The van der Waals surface area contributed by atoms with E-state index in [4.69, 9.17) is 5.11 Å². The minimum atomic E-state index is -1.71. The van der Waals surface area contributed by atoms with E-state index < -0.39 is 11.5 Å². The van der Waals surface area contributed by atoms with Gasteiger partial charge in [-0.25, -0.2) is 4.39 Å². The first-order valence-electron chi connectivity index (χ1n) is 3.92. The number of aliphatic hydroxyl groups is 1. The maximum absolute atomic E-state index is 13.0. The van der Waals surface area contributed by atoms with Crippen molar-refractivity contribution in [2.45, 2.75) is 18.5 Å². The smallest absolute Gasteiger partial charge is 0.196 e. The molecule has 1 aliphatic carbocycles. The SMILES string of the molecule is CO/C=C/C(O)=CC(=O)C1(F)CC1. The van der Waals surface area contributed by atoms with Gasteiger partial charge in [-0.1, -0.05) is 0 Å². The van der Waals surface area contributed by atoms with Crippen molar-refractivity contribution in [3.63, 3.8) is 0 Å². The third kappa shape index (κ3) is 2.57. The van der Waals surface area contributed by atoms with Crippen molar-refractivity contribution in [1.29, 1.82) is 0 Å². The highest BCUT2D eigenvalue weighted by atomic mass is 19.1. The lowest BCUT2D eigenvalue weighted by Crippen LogP contribution is -2.13. The summed E-state index contributed by atoms with van der Waals surface area (Å²) in [5, 5.41) is 9.05. The zero-order valence-electron chi connectivity index (χ0n) is 7.29. The summed E-state index contributed by atoms with van der Waals surface area (Å²) in [4.78, 5) is 11.0. The molecule has 13 heavy (non-hydrogen) atoms. The monoisotopic (exact) mass is 186 g/mol. The van der Waals surface area contributed by atoms with Crippen LogP contribution in [0.3, 0.4) is 0 Å². The number of rotatable bonds is 4. The molecule has 0 spiro atoms. The van der Waals surface area contributed by atoms with Gasteiger partial charge in [-0.2, -0.15) is 0 Å². The lowest BCUT2D eigenvalue weighted by molar-refractivity contribution is -0.120. The molecular weight excluding hydrogens is 175 g/mol. The van der Waals surface area contributed by atoms with Crippen molar-refractivity contribution in [1.82, 2.24) is 0 Å². The van der Waals surface area contributed by atoms with Crippen molar-refractivity contribution in [2.24, 2.45) is 0 Å². The second-order valence-electron chi connectivity index (χ2n) is 2.94. The van der Waals surface area contributed by atoms with Gasteiger partial charge in [0, 0.05) is 12.2 Å². The number of alkyl halides is 1. The minimum Gasteiger partial charge on any atom is -0.508 e. The fourth-order valence-corrected chi connectivity index (χ4v) is 0.806. The lowest BCUT2D eigenvalue weighted by atomic mass is 10.2. The Balaban J connectivity index is 2.54. The number of carbonyl (C=O) groups is 1. The molecule has 0 radical (unpaired) electrons. The van der Waals surface area contributed by atoms with E-state index in [9.17, 15) is 9.18 Å². The summed E-state index contributed by atoms with van der Waals surface area (Å²) < 4.78 is 17.5.